The van der Waals surface area contributed by atoms with Gasteiger partial charge in [0.15, 0.2) is 0 Å². The van der Waals surface area contributed by atoms with Gasteiger partial charge in [0.25, 0.3) is 0 Å². The highest BCUT2D eigenvalue weighted by atomic mass is 19.1. The Balaban J connectivity index is 1.78. The number of halogens is 1. The molecule has 0 saturated carbocycles. The summed E-state index contributed by atoms with van der Waals surface area (Å²) in [5, 5.41) is 2.72. The van der Waals surface area contributed by atoms with E-state index in [1.807, 2.05) is 17.9 Å². The third-order valence-corrected chi connectivity index (χ3v) is 4.33. The van der Waals surface area contributed by atoms with Crippen molar-refractivity contribution in [2.24, 2.45) is 5.92 Å². The van der Waals surface area contributed by atoms with Crippen molar-refractivity contribution in [3.63, 3.8) is 0 Å². The van der Waals surface area contributed by atoms with Crippen LogP contribution in [0, 0.1) is 11.7 Å². The molecule has 0 spiro atoms. The van der Waals surface area contributed by atoms with Crippen LogP contribution in [0.5, 0.6) is 0 Å². The van der Waals surface area contributed by atoms with Crippen LogP contribution < -0.4 is 10.2 Å². The van der Waals surface area contributed by atoms with Crippen molar-refractivity contribution in [2.75, 3.05) is 37.6 Å². The van der Waals surface area contributed by atoms with Crippen molar-refractivity contribution >= 4 is 17.5 Å². The molecule has 1 heterocycles. The minimum atomic E-state index is -0.235. The molecule has 0 bridgehead atoms. The van der Waals surface area contributed by atoms with Gasteiger partial charge in [-0.1, -0.05) is 25.1 Å². The SMILES string of the molecule is C=CCNC(=O)C[C@@H](C)CC(=O)N1CCN(c2ccccc2F)CC1. The van der Waals surface area contributed by atoms with Crippen molar-refractivity contribution in [1.82, 2.24) is 10.2 Å². The van der Waals surface area contributed by atoms with Crippen LogP contribution in [0.25, 0.3) is 0 Å². The summed E-state index contributed by atoms with van der Waals surface area (Å²) in [6.45, 7) is 8.27. The van der Waals surface area contributed by atoms with E-state index in [-0.39, 0.29) is 23.5 Å². The molecular weight excluding hydrogens is 321 g/mol. The molecule has 1 aromatic rings. The van der Waals surface area contributed by atoms with Gasteiger partial charge in [0.05, 0.1) is 5.69 Å². The maximum atomic E-state index is 13.8. The topological polar surface area (TPSA) is 52.7 Å². The number of amides is 2. The Morgan fingerprint density at radius 1 is 1.24 bits per heavy atom. The van der Waals surface area contributed by atoms with Crippen molar-refractivity contribution < 1.29 is 14.0 Å². The Morgan fingerprint density at radius 3 is 2.56 bits per heavy atom. The first-order valence-electron chi connectivity index (χ1n) is 8.66. The summed E-state index contributed by atoms with van der Waals surface area (Å²) in [6.07, 6.45) is 2.30. The number of hydrogen-bond donors (Lipinski definition) is 1. The number of carbonyl (C=O) groups excluding carboxylic acids is 2. The van der Waals surface area contributed by atoms with Gasteiger partial charge in [0.1, 0.15) is 5.82 Å². The van der Waals surface area contributed by atoms with E-state index in [1.54, 1.807) is 23.1 Å². The Hall–Kier alpha value is -2.37. The fourth-order valence-electron chi connectivity index (χ4n) is 2.98. The number of benzene rings is 1. The summed E-state index contributed by atoms with van der Waals surface area (Å²) in [5.41, 5.74) is 0.585. The number of nitrogens with zero attached hydrogens (tertiary/aromatic N) is 2. The van der Waals surface area contributed by atoms with Crippen LogP contribution in [0.1, 0.15) is 19.8 Å². The first kappa shape index (κ1) is 19.0. The minimum Gasteiger partial charge on any atom is -0.366 e. The lowest BCUT2D eigenvalue weighted by Crippen LogP contribution is -2.49. The van der Waals surface area contributed by atoms with Crippen LogP contribution in [-0.4, -0.2) is 49.4 Å². The lowest BCUT2D eigenvalue weighted by atomic mass is 10.0. The van der Waals surface area contributed by atoms with Crippen LogP contribution in [0.2, 0.25) is 0 Å². The quantitative estimate of drug-likeness (QED) is 0.770. The van der Waals surface area contributed by atoms with E-state index in [9.17, 15) is 14.0 Å². The first-order valence-corrected chi connectivity index (χ1v) is 8.66. The van der Waals surface area contributed by atoms with Crippen LogP contribution >= 0.6 is 0 Å². The predicted molar refractivity (Wildman–Crippen MR) is 96.8 cm³/mol. The number of para-hydroxylation sites is 1. The molecule has 1 aromatic carbocycles. The summed E-state index contributed by atoms with van der Waals surface area (Å²) < 4.78 is 13.8. The second kappa shape index (κ2) is 9.20. The van der Waals surface area contributed by atoms with Crippen LogP contribution in [0.4, 0.5) is 10.1 Å². The molecule has 0 radical (unpaired) electrons. The van der Waals surface area contributed by atoms with Crippen LogP contribution in [-0.2, 0) is 9.59 Å². The fourth-order valence-corrected chi connectivity index (χ4v) is 2.98. The van der Waals surface area contributed by atoms with E-state index >= 15 is 0 Å². The van der Waals surface area contributed by atoms with Gasteiger partial charge in [0.2, 0.25) is 11.8 Å². The smallest absolute Gasteiger partial charge is 0.222 e. The molecule has 1 atom stereocenters. The van der Waals surface area contributed by atoms with Gasteiger partial charge in [-0.05, 0) is 18.1 Å². The summed E-state index contributed by atoms with van der Waals surface area (Å²) in [4.78, 5) is 27.8. The largest absolute Gasteiger partial charge is 0.366 e. The van der Waals surface area contributed by atoms with Crippen molar-refractivity contribution in [1.29, 1.82) is 0 Å². The third kappa shape index (κ3) is 5.59. The van der Waals surface area contributed by atoms with Crippen molar-refractivity contribution in [3.05, 3.63) is 42.7 Å². The molecule has 1 saturated heterocycles. The molecule has 136 valence electrons. The average Bonchev–Trinajstić information content (AvgIpc) is 2.60. The monoisotopic (exact) mass is 347 g/mol. The molecule has 0 aliphatic carbocycles. The third-order valence-electron chi connectivity index (χ3n) is 4.33. The van der Waals surface area contributed by atoms with Gasteiger partial charge in [-0.25, -0.2) is 4.39 Å². The fraction of sp³-hybridized carbons (Fsp3) is 0.474. The van der Waals surface area contributed by atoms with E-state index in [0.29, 0.717) is 51.3 Å². The van der Waals surface area contributed by atoms with Gasteiger partial charge >= 0.3 is 0 Å². The molecule has 0 unspecified atom stereocenters. The molecular formula is C19H26FN3O2. The highest BCUT2D eigenvalue weighted by Crippen LogP contribution is 2.20. The van der Waals surface area contributed by atoms with E-state index in [4.69, 9.17) is 0 Å². The van der Waals surface area contributed by atoms with Crippen LogP contribution in [0.3, 0.4) is 0 Å². The summed E-state index contributed by atoms with van der Waals surface area (Å²) >= 11 is 0. The van der Waals surface area contributed by atoms with Crippen LogP contribution in [0.15, 0.2) is 36.9 Å². The van der Waals surface area contributed by atoms with E-state index in [2.05, 4.69) is 11.9 Å². The molecule has 1 fully saturated rings. The Labute approximate surface area is 148 Å². The van der Waals surface area contributed by atoms with Gasteiger partial charge in [-0.15, -0.1) is 6.58 Å². The Kier molecular flexibility index (Phi) is 6.98. The molecule has 5 nitrogen and oxygen atoms in total. The zero-order valence-corrected chi connectivity index (χ0v) is 14.7. The van der Waals surface area contributed by atoms with Gasteiger partial charge < -0.3 is 15.1 Å². The van der Waals surface area contributed by atoms with Gasteiger partial charge in [-0.3, -0.25) is 9.59 Å². The van der Waals surface area contributed by atoms with Gasteiger partial charge in [0, 0.05) is 45.6 Å². The number of hydrogen-bond acceptors (Lipinski definition) is 3. The number of rotatable bonds is 7. The highest BCUT2D eigenvalue weighted by Gasteiger charge is 2.24. The number of piperazine rings is 1. The molecule has 1 aliphatic rings. The molecule has 2 amide bonds. The molecule has 1 N–H and O–H groups in total. The minimum absolute atomic E-state index is 0.0121. The zero-order chi connectivity index (χ0) is 18.2. The van der Waals surface area contributed by atoms with Crippen molar-refractivity contribution in [2.45, 2.75) is 19.8 Å². The number of nitrogens with one attached hydrogen (secondary N) is 1. The standard InChI is InChI=1S/C19H26FN3O2/c1-3-8-21-18(24)13-15(2)14-19(25)23-11-9-22(10-12-23)17-7-5-4-6-16(17)20/h3-7,15H,1,8-14H2,2H3,(H,21,24)/t15-/m1/s1. The lowest BCUT2D eigenvalue weighted by molar-refractivity contribution is -0.132. The van der Waals surface area contributed by atoms with E-state index in [0.717, 1.165) is 0 Å². The highest BCUT2D eigenvalue weighted by molar-refractivity contribution is 5.79. The van der Waals surface area contributed by atoms with Gasteiger partial charge in [-0.2, -0.15) is 0 Å². The van der Waals surface area contributed by atoms with Crippen molar-refractivity contribution in [3.8, 4) is 0 Å². The predicted octanol–water partition coefficient (Wildman–Crippen LogP) is 2.19. The number of carbonyl (C=O) groups is 2. The molecule has 2 rings (SSSR count). The average molecular weight is 347 g/mol. The molecule has 25 heavy (non-hydrogen) atoms. The van der Waals surface area contributed by atoms with E-state index in [1.165, 1.54) is 6.07 Å². The normalized spacial score (nSPS) is 15.6. The summed E-state index contributed by atoms with van der Waals surface area (Å²) in [5.74, 6) is -0.259. The van der Waals surface area contributed by atoms with E-state index < -0.39 is 0 Å². The number of anilines is 1. The Morgan fingerprint density at radius 2 is 1.92 bits per heavy atom. The second-order valence-electron chi connectivity index (χ2n) is 6.43. The zero-order valence-electron chi connectivity index (χ0n) is 14.7. The maximum absolute atomic E-state index is 13.8. The molecule has 6 heteroatoms. The lowest BCUT2D eigenvalue weighted by Gasteiger charge is -2.36. The molecule has 0 aromatic heterocycles. The summed E-state index contributed by atoms with van der Waals surface area (Å²) in [7, 11) is 0. The summed E-state index contributed by atoms with van der Waals surface area (Å²) in [6, 6.07) is 6.70. The molecule has 1 aliphatic heterocycles. The maximum Gasteiger partial charge on any atom is 0.222 e. The first-order chi connectivity index (χ1) is 12.0. The second-order valence-corrected chi connectivity index (χ2v) is 6.43. The Bertz CT molecular complexity index is 612.